The van der Waals surface area contributed by atoms with Crippen LogP contribution in [0, 0.1) is 19.8 Å². The lowest BCUT2D eigenvalue weighted by atomic mass is 9.90. The second-order valence-electron chi connectivity index (χ2n) is 6.52. The van der Waals surface area contributed by atoms with Gasteiger partial charge in [0.1, 0.15) is 5.75 Å². The van der Waals surface area contributed by atoms with Crippen molar-refractivity contribution >= 4 is 5.69 Å². The summed E-state index contributed by atoms with van der Waals surface area (Å²) in [5.41, 5.74) is 2.98. The smallest absolute Gasteiger partial charge is 0.123 e. The van der Waals surface area contributed by atoms with Gasteiger partial charge in [0.25, 0.3) is 0 Å². The van der Waals surface area contributed by atoms with E-state index < -0.39 is 0 Å². The molecule has 3 heteroatoms. The predicted octanol–water partition coefficient (Wildman–Crippen LogP) is 3.93. The van der Waals surface area contributed by atoms with Crippen molar-refractivity contribution in [2.75, 3.05) is 25.0 Å². The first kappa shape index (κ1) is 16.2. The van der Waals surface area contributed by atoms with Gasteiger partial charge in [-0.3, -0.25) is 0 Å². The summed E-state index contributed by atoms with van der Waals surface area (Å²) in [5.74, 6) is 1.14. The fourth-order valence-corrected chi connectivity index (χ4v) is 3.35. The Bertz CT molecular complexity index is 465. The Hall–Kier alpha value is -1.22. The van der Waals surface area contributed by atoms with Crippen LogP contribution in [0.25, 0.3) is 0 Å². The molecule has 0 spiro atoms. The second-order valence-corrected chi connectivity index (χ2v) is 6.52. The minimum atomic E-state index is 0.421. The average Bonchev–Trinajstić information content (AvgIpc) is 2.49. The van der Waals surface area contributed by atoms with Crippen molar-refractivity contribution in [3.63, 3.8) is 0 Å². The largest absolute Gasteiger partial charge is 0.507 e. The summed E-state index contributed by atoms with van der Waals surface area (Å²) >= 11 is 0. The minimum Gasteiger partial charge on any atom is -0.507 e. The maximum Gasteiger partial charge on any atom is 0.123 e. The molecule has 3 nitrogen and oxygen atoms in total. The van der Waals surface area contributed by atoms with Gasteiger partial charge >= 0.3 is 0 Å². The number of phenolic OH excluding ortho intramolecular Hbond substituents is 1. The van der Waals surface area contributed by atoms with Crippen LogP contribution in [-0.2, 0) is 0 Å². The van der Waals surface area contributed by atoms with Crippen molar-refractivity contribution in [1.29, 1.82) is 0 Å². The summed E-state index contributed by atoms with van der Waals surface area (Å²) in [6.07, 6.45) is 3.79. The zero-order valence-corrected chi connectivity index (χ0v) is 13.9. The molecule has 0 bridgehead atoms. The quantitative estimate of drug-likeness (QED) is 0.862. The molecule has 1 saturated heterocycles. The molecule has 118 valence electrons. The Morgan fingerprint density at radius 3 is 2.57 bits per heavy atom. The zero-order valence-electron chi connectivity index (χ0n) is 13.9. The third-order valence-electron chi connectivity index (χ3n) is 4.90. The lowest BCUT2D eigenvalue weighted by Gasteiger charge is -2.35. The maximum absolute atomic E-state index is 10.1. The minimum absolute atomic E-state index is 0.421. The number of benzene rings is 1. The van der Waals surface area contributed by atoms with E-state index in [1.54, 1.807) is 0 Å². The second kappa shape index (κ2) is 7.17. The van der Waals surface area contributed by atoms with Crippen LogP contribution in [0.5, 0.6) is 5.75 Å². The highest BCUT2D eigenvalue weighted by atomic mass is 16.3. The average molecular weight is 290 g/mol. The number of anilines is 1. The number of aromatic hydroxyl groups is 1. The predicted molar refractivity (Wildman–Crippen MR) is 90.1 cm³/mol. The van der Waals surface area contributed by atoms with E-state index in [1.807, 2.05) is 19.9 Å². The van der Waals surface area contributed by atoms with E-state index in [9.17, 15) is 5.11 Å². The molecule has 1 aromatic rings. The SMILES string of the molecule is CCCN1CCC(C(C)Nc2ccc(C)c(O)c2C)CC1. The molecule has 0 aliphatic carbocycles. The third kappa shape index (κ3) is 3.91. The fourth-order valence-electron chi connectivity index (χ4n) is 3.35. The number of nitrogens with one attached hydrogen (secondary N) is 1. The van der Waals surface area contributed by atoms with Crippen molar-refractivity contribution < 1.29 is 5.11 Å². The van der Waals surface area contributed by atoms with E-state index in [-0.39, 0.29) is 0 Å². The molecular formula is C18H30N2O. The van der Waals surface area contributed by atoms with Crippen LogP contribution < -0.4 is 5.32 Å². The molecule has 2 rings (SSSR count). The van der Waals surface area contributed by atoms with Gasteiger partial charge in [0.05, 0.1) is 0 Å². The Kier molecular flexibility index (Phi) is 5.51. The lowest BCUT2D eigenvalue weighted by Crippen LogP contribution is -2.39. The van der Waals surface area contributed by atoms with E-state index in [2.05, 4.69) is 30.1 Å². The maximum atomic E-state index is 10.1. The van der Waals surface area contributed by atoms with Gasteiger partial charge < -0.3 is 15.3 Å². The summed E-state index contributed by atoms with van der Waals surface area (Å²) in [6, 6.07) is 4.53. The molecule has 1 aromatic carbocycles. The molecular weight excluding hydrogens is 260 g/mol. The number of nitrogens with zero attached hydrogens (tertiary/aromatic N) is 1. The number of rotatable bonds is 5. The Balaban J connectivity index is 1.93. The first-order chi connectivity index (χ1) is 10.0. The summed E-state index contributed by atoms with van der Waals surface area (Å²) in [6.45, 7) is 12.1. The van der Waals surface area contributed by atoms with Gasteiger partial charge in [0.15, 0.2) is 0 Å². The Labute approximate surface area is 129 Å². The van der Waals surface area contributed by atoms with Crippen molar-refractivity contribution in [2.45, 2.75) is 53.0 Å². The van der Waals surface area contributed by atoms with Gasteiger partial charge in [-0.2, -0.15) is 0 Å². The van der Waals surface area contributed by atoms with Gasteiger partial charge in [-0.25, -0.2) is 0 Å². The number of hydrogen-bond acceptors (Lipinski definition) is 3. The molecule has 0 aromatic heterocycles. The van der Waals surface area contributed by atoms with Crippen LogP contribution in [0.1, 0.15) is 44.2 Å². The zero-order chi connectivity index (χ0) is 15.4. The van der Waals surface area contributed by atoms with Crippen molar-refractivity contribution in [1.82, 2.24) is 4.90 Å². The van der Waals surface area contributed by atoms with Gasteiger partial charge in [0, 0.05) is 17.3 Å². The highest BCUT2D eigenvalue weighted by Crippen LogP contribution is 2.30. The molecule has 1 heterocycles. The van der Waals surface area contributed by atoms with Crippen LogP contribution in [0.15, 0.2) is 12.1 Å². The molecule has 0 amide bonds. The van der Waals surface area contributed by atoms with Gasteiger partial charge in [-0.15, -0.1) is 0 Å². The normalized spacial score (nSPS) is 18.7. The number of phenols is 1. The van der Waals surface area contributed by atoms with E-state index in [0.29, 0.717) is 11.8 Å². The van der Waals surface area contributed by atoms with Crippen molar-refractivity contribution in [3.8, 4) is 5.75 Å². The fraction of sp³-hybridized carbons (Fsp3) is 0.667. The molecule has 1 atom stereocenters. The Morgan fingerprint density at radius 2 is 1.95 bits per heavy atom. The number of likely N-dealkylation sites (tertiary alicyclic amines) is 1. The molecule has 1 aliphatic rings. The van der Waals surface area contributed by atoms with E-state index in [4.69, 9.17) is 0 Å². The Morgan fingerprint density at radius 1 is 1.29 bits per heavy atom. The molecule has 1 aliphatic heterocycles. The van der Waals surface area contributed by atoms with Gasteiger partial charge in [-0.1, -0.05) is 13.0 Å². The van der Waals surface area contributed by atoms with Crippen LogP contribution in [0.4, 0.5) is 5.69 Å². The lowest BCUT2D eigenvalue weighted by molar-refractivity contribution is 0.176. The summed E-state index contributed by atoms with van der Waals surface area (Å²) in [4.78, 5) is 2.58. The third-order valence-corrected chi connectivity index (χ3v) is 4.90. The standard InChI is InChI=1S/C18H30N2O/c1-5-10-20-11-8-16(9-12-20)15(4)19-17-7-6-13(2)18(21)14(17)3/h6-7,15-16,19,21H,5,8-12H2,1-4H3. The molecule has 21 heavy (non-hydrogen) atoms. The van der Waals surface area contributed by atoms with Gasteiger partial charge in [0.2, 0.25) is 0 Å². The van der Waals surface area contributed by atoms with E-state index in [0.717, 1.165) is 22.7 Å². The summed E-state index contributed by atoms with van der Waals surface area (Å²) in [7, 11) is 0. The van der Waals surface area contributed by atoms with Crippen LogP contribution >= 0.6 is 0 Å². The molecule has 1 fully saturated rings. The highest BCUT2D eigenvalue weighted by molar-refractivity contribution is 5.59. The first-order valence-electron chi connectivity index (χ1n) is 8.31. The summed E-state index contributed by atoms with van der Waals surface area (Å²) < 4.78 is 0. The number of piperidine rings is 1. The van der Waals surface area contributed by atoms with Crippen molar-refractivity contribution in [2.24, 2.45) is 5.92 Å². The van der Waals surface area contributed by atoms with Crippen LogP contribution in [0.3, 0.4) is 0 Å². The molecule has 0 radical (unpaired) electrons. The summed E-state index contributed by atoms with van der Waals surface area (Å²) in [5, 5.41) is 13.7. The van der Waals surface area contributed by atoms with Crippen molar-refractivity contribution in [3.05, 3.63) is 23.3 Å². The number of aryl methyl sites for hydroxylation is 1. The van der Waals surface area contributed by atoms with Crippen LogP contribution in [0.2, 0.25) is 0 Å². The highest BCUT2D eigenvalue weighted by Gasteiger charge is 2.23. The molecule has 1 unspecified atom stereocenters. The van der Waals surface area contributed by atoms with Crippen LogP contribution in [-0.4, -0.2) is 35.7 Å². The number of hydrogen-bond donors (Lipinski definition) is 2. The van der Waals surface area contributed by atoms with Gasteiger partial charge in [-0.05, 0) is 77.2 Å². The molecule has 2 N–H and O–H groups in total. The topological polar surface area (TPSA) is 35.5 Å². The van der Waals surface area contributed by atoms with E-state index in [1.165, 1.54) is 38.9 Å². The first-order valence-corrected chi connectivity index (χ1v) is 8.31. The van der Waals surface area contributed by atoms with E-state index >= 15 is 0 Å². The monoisotopic (exact) mass is 290 g/mol. The molecule has 0 saturated carbocycles.